The fourth-order valence-electron chi connectivity index (χ4n) is 1.61. The average Bonchev–Trinajstić information content (AvgIpc) is 3.10. The molecule has 2 heterocycles. The molecule has 0 unspecified atom stereocenters. The molecule has 2 amide bonds. The Balaban J connectivity index is 2.20. The highest BCUT2D eigenvalue weighted by Gasteiger charge is 2.17. The molecule has 6 nitrogen and oxygen atoms in total. The third-order valence-electron chi connectivity index (χ3n) is 2.49. The van der Waals surface area contributed by atoms with Gasteiger partial charge in [-0.15, -0.1) is 0 Å². The van der Waals surface area contributed by atoms with Crippen molar-refractivity contribution in [3.05, 3.63) is 54.0 Å². The normalized spacial score (nSPS) is 11.5. The van der Waals surface area contributed by atoms with Gasteiger partial charge in [0.2, 0.25) is 0 Å². The van der Waals surface area contributed by atoms with Crippen LogP contribution in [0.3, 0.4) is 0 Å². The van der Waals surface area contributed by atoms with Crippen molar-refractivity contribution in [2.45, 2.75) is 19.9 Å². The molecule has 0 aliphatic carbocycles. The SMILES string of the molecule is CC(C)NC(=O)/C(=C\c1ccco1)NC(=O)c1ccco1. The lowest BCUT2D eigenvalue weighted by Gasteiger charge is -2.11. The molecule has 2 aromatic rings. The molecule has 0 saturated heterocycles. The van der Waals surface area contributed by atoms with Crippen molar-refractivity contribution < 1.29 is 18.4 Å². The predicted molar refractivity (Wildman–Crippen MR) is 76.1 cm³/mol. The summed E-state index contributed by atoms with van der Waals surface area (Å²) in [5, 5.41) is 5.23. The molecule has 0 aromatic carbocycles. The van der Waals surface area contributed by atoms with Crippen LogP contribution in [0.2, 0.25) is 0 Å². The molecular weight excluding hydrogens is 272 g/mol. The average molecular weight is 288 g/mol. The summed E-state index contributed by atoms with van der Waals surface area (Å²) < 4.78 is 10.2. The maximum Gasteiger partial charge on any atom is 0.291 e. The molecule has 110 valence electrons. The maximum atomic E-state index is 12.1. The lowest BCUT2D eigenvalue weighted by atomic mass is 10.2. The Morgan fingerprint density at radius 1 is 1.14 bits per heavy atom. The summed E-state index contributed by atoms with van der Waals surface area (Å²) >= 11 is 0. The van der Waals surface area contributed by atoms with E-state index in [1.54, 1.807) is 18.2 Å². The fraction of sp³-hybridized carbons (Fsp3) is 0.200. The zero-order valence-electron chi connectivity index (χ0n) is 11.8. The largest absolute Gasteiger partial charge is 0.465 e. The standard InChI is InChI=1S/C15H16N2O4/c1-10(2)16-14(18)12(9-11-5-3-7-20-11)17-15(19)13-6-4-8-21-13/h3-10H,1-2H3,(H,16,18)(H,17,19)/b12-9+. The van der Waals surface area contributed by atoms with Gasteiger partial charge in [0, 0.05) is 12.1 Å². The number of carbonyl (C=O) groups is 2. The third kappa shape index (κ3) is 4.10. The van der Waals surface area contributed by atoms with Gasteiger partial charge in [0.1, 0.15) is 11.5 Å². The van der Waals surface area contributed by atoms with E-state index in [-0.39, 0.29) is 17.5 Å². The molecule has 6 heteroatoms. The lowest BCUT2D eigenvalue weighted by molar-refractivity contribution is -0.118. The van der Waals surface area contributed by atoms with Crippen LogP contribution in [0.15, 0.2) is 51.3 Å². The van der Waals surface area contributed by atoms with E-state index in [0.717, 1.165) is 0 Å². The summed E-state index contributed by atoms with van der Waals surface area (Å²) in [4.78, 5) is 24.1. The van der Waals surface area contributed by atoms with Crippen LogP contribution < -0.4 is 10.6 Å². The van der Waals surface area contributed by atoms with Gasteiger partial charge < -0.3 is 19.5 Å². The summed E-state index contributed by atoms with van der Waals surface area (Å²) in [5.41, 5.74) is 0.0834. The molecule has 0 fully saturated rings. The van der Waals surface area contributed by atoms with Crippen LogP contribution in [0.4, 0.5) is 0 Å². The molecule has 21 heavy (non-hydrogen) atoms. The van der Waals surface area contributed by atoms with Crippen molar-refractivity contribution in [2.75, 3.05) is 0 Å². The van der Waals surface area contributed by atoms with Gasteiger partial charge in [0.05, 0.1) is 12.5 Å². The molecule has 0 saturated carbocycles. The van der Waals surface area contributed by atoms with Gasteiger partial charge in [-0.25, -0.2) is 0 Å². The molecular formula is C15H16N2O4. The molecule has 0 aliphatic heterocycles. The molecule has 0 spiro atoms. The third-order valence-corrected chi connectivity index (χ3v) is 2.49. The minimum atomic E-state index is -0.503. The zero-order valence-corrected chi connectivity index (χ0v) is 11.8. The second-order valence-electron chi connectivity index (χ2n) is 4.63. The van der Waals surface area contributed by atoms with E-state index in [4.69, 9.17) is 8.83 Å². The Kier molecular flexibility index (Phi) is 4.61. The number of carbonyl (C=O) groups excluding carboxylic acids is 2. The van der Waals surface area contributed by atoms with Crippen LogP contribution in [0, 0.1) is 0 Å². The fourth-order valence-corrected chi connectivity index (χ4v) is 1.61. The summed E-state index contributed by atoms with van der Waals surface area (Å²) in [6.07, 6.45) is 4.33. The smallest absolute Gasteiger partial charge is 0.291 e. The Morgan fingerprint density at radius 3 is 2.43 bits per heavy atom. The van der Waals surface area contributed by atoms with Gasteiger partial charge in [0.25, 0.3) is 11.8 Å². The minimum Gasteiger partial charge on any atom is -0.465 e. The van der Waals surface area contributed by atoms with Crippen molar-refractivity contribution in [1.82, 2.24) is 10.6 Å². The van der Waals surface area contributed by atoms with Crippen LogP contribution in [-0.2, 0) is 4.79 Å². The molecule has 0 aliphatic rings. The van der Waals surface area contributed by atoms with E-state index in [9.17, 15) is 9.59 Å². The Hall–Kier alpha value is -2.76. The first-order chi connectivity index (χ1) is 10.1. The summed E-state index contributed by atoms with van der Waals surface area (Å²) in [7, 11) is 0. The lowest BCUT2D eigenvalue weighted by Crippen LogP contribution is -2.37. The number of furan rings is 2. The van der Waals surface area contributed by atoms with Crippen molar-refractivity contribution in [3.63, 3.8) is 0 Å². The highest BCUT2D eigenvalue weighted by molar-refractivity contribution is 6.04. The monoisotopic (exact) mass is 288 g/mol. The molecule has 2 aromatic heterocycles. The summed E-state index contributed by atoms with van der Waals surface area (Å²) in [5.74, 6) is -0.320. The first kappa shape index (κ1) is 14.6. The summed E-state index contributed by atoms with van der Waals surface area (Å²) in [6.45, 7) is 3.66. The van der Waals surface area contributed by atoms with Crippen LogP contribution >= 0.6 is 0 Å². The van der Waals surface area contributed by atoms with Crippen LogP contribution in [0.5, 0.6) is 0 Å². The van der Waals surface area contributed by atoms with Crippen molar-refractivity contribution >= 4 is 17.9 Å². The maximum absolute atomic E-state index is 12.1. The highest BCUT2D eigenvalue weighted by atomic mass is 16.3. The number of hydrogen-bond acceptors (Lipinski definition) is 4. The zero-order chi connectivity index (χ0) is 15.2. The quantitative estimate of drug-likeness (QED) is 0.826. The van der Waals surface area contributed by atoms with Gasteiger partial charge in [-0.1, -0.05) is 0 Å². The molecule has 2 rings (SSSR count). The van der Waals surface area contributed by atoms with E-state index in [0.29, 0.717) is 5.76 Å². The van der Waals surface area contributed by atoms with Crippen LogP contribution in [0.25, 0.3) is 6.08 Å². The van der Waals surface area contributed by atoms with E-state index in [2.05, 4.69) is 10.6 Å². The van der Waals surface area contributed by atoms with Gasteiger partial charge in [-0.05, 0) is 38.1 Å². The second kappa shape index (κ2) is 6.60. The van der Waals surface area contributed by atoms with Gasteiger partial charge in [0.15, 0.2) is 5.76 Å². The molecule has 0 bridgehead atoms. The number of nitrogens with one attached hydrogen (secondary N) is 2. The predicted octanol–water partition coefficient (Wildman–Crippen LogP) is 2.17. The number of hydrogen-bond donors (Lipinski definition) is 2. The van der Waals surface area contributed by atoms with Crippen molar-refractivity contribution in [3.8, 4) is 0 Å². The van der Waals surface area contributed by atoms with Gasteiger partial charge in [-0.3, -0.25) is 9.59 Å². The Morgan fingerprint density at radius 2 is 1.86 bits per heavy atom. The van der Waals surface area contributed by atoms with E-state index in [1.165, 1.54) is 24.7 Å². The molecule has 0 atom stereocenters. The van der Waals surface area contributed by atoms with Crippen LogP contribution in [-0.4, -0.2) is 17.9 Å². The summed E-state index contributed by atoms with van der Waals surface area (Å²) in [6, 6.07) is 6.43. The first-order valence-electron chi connectivity index (χ1n) is 6.47. The number of rotatable bonds is 5. The topological polar surface area (TPSA) is 84.5 Å². The molecule has 2 N–H and O–H groups in total. The Labute approximate surface area is 121 Å². The van der Waals surface area contributed by atoms with E-state index in [1.807, 2.05) is 13.8 Å². The second-order valence-corrected chi connectivity index (χ2v) is 4.63. The van der Waals surface area contributed by atoms with E-state index < -0.39 is 11.8 Å². The highest BCUT2D eigenvalue weighted by Crippen LogP contribution is 2.08. The Bertz CT molecular complexity index is 625. The van der Waals surface area contributed by atoms with Crippen molar-refractivity contribution in [1.29, 1.82) is 0 Å². The van der Waals surface area contributed by atoms with Gasteiger partial charge >= 0.3 is 0 Å². The van der Waals surface area contributed by atoms with Crippen LogP contribution in [0.1, 0.15) is 30.2 Å². The molecule has 0 radical (unpaired) electrons. The first-order valence-corrected chi connectivity index (χ1v) is 6.47. The van der Waals surface area contributed by atoms with E-state index >= 15 is 0 Å². The minimum absolute atomic E-state index is 0.0574. The number of amides is 2. The van der Waals surface area contributed by atoms with Crippen molar-refractivity contribution in [2.24, 2.45) is 0 Å². The van der Waals surface area contributed by atoms with Gasteiger partial charge in [-0.2, -0.15) is 0 Å².